The number of nitrogens with one attached hydrogen (secondary N) is 1. The van der Waals surface area contributed by atoms with E-state index in [-0.39, 0.29) is 11.9 Å². The van der Waals surface area contributed by atoms with Crippen molar-refractivity contribution in [1.29, 1.82) is 0 Å². The van der Waals surface area contributed by atoms with Crippen molar-refractivity contribution in [3.05, 3.63) is 64.7 Å². The molecule has 119 valence electrons. The Labute approximate surface area is 142 Å². The Morgan fingerprint density at radius 2 is 1.91 bits per heavy atom. The second-order valence-electron chi connectivity index (χ2n) is 5.96. The molecule has 3 nitrogen and oxygen atoms in total. The maximum Gasteiger partial charge on any atom is 0.221 e. The molecule has 1 saturated heterocycles. The molecule has 1 amide bonds. The molecule has 0 spiro atoms. The molecule has 4 heteroatoms. The number of anilines is 1. The molecule has 1 N–H and O–H groups in total. The number of benzene rings is 2. The van der Waals surface area contributed by atoms with Gasteiger partial charge in [-0.05, 0) is 48.1 Å². The van der Waals surface area contributed by atoms with Gasteiger partial charge in [0.05, 0.1) is 6.04 Å². The van der Waals surface area contributed by atoms with Crippen molar-refractivity contribution >= 4 is 23.2 Å². The lowest BCUT2D eigenvalue weighted by Crippen LogP contribution is -2.26. The maximum atomic E-state index is 11.4. The monoisotopic (exact) mass is 327 g/mol. The molecule has 1 radical (unpaired) electrons. The summed E-state index contributed by atoms with van der Waals surface area (Å²) in [4.78, 5) is 11.4. The molecule has 23 heavy (non-hydrogen) atoms. The summed E-state index contributed by atoms with van der Waals surface area (Å²) in [5, 5.41) is 8.46. The highest BCUT2D eigenvalue weighted by Gasteiger charge is 2.26. The number of nitrogens with zero attached hydrogens (tertiary/aromatic N) is 1. The molecule has 0 bridgehead atoms. The lowest BCUT2D eigenvalue weighted by Gasteiger charge is -2.30. The van der Waals surface area contributed by atoms with Crippen molar-refractivity contribution in [3.8, 4) is 0 Å². The van der Waals surface area contributed by atoms with Gasteiger partial charge in [0.25, 0.3) is 0 Å². The zero-order valence-corrected chi connectivity index (χ0v) is 13.9. The summed E-state index contributed by atoms with van der Waals surface area (Å²) in [5.74, 6) is 0.364. The Balaban J connectivity index is 1.81. The van der Waals surface area contributed by atoms with Gasteiger partial charge in [-0.25, -0.2) is 5.32 Å². The first-order valence-corrected chi connectivity index (χ1v) is 8.30. The Kier molecular flexibility index (Phi) is 4.99. The van der Waals surface area contributed by atoms with E-state index in [1.54, 1.807) is 6.92 Å². The lowest BCUT2D eigenvalue weighted by atomic mass is 9.83. The molecule has 0 saturated carbocycles. The third-order valence-electron chi connectivity index (χ3n) is 4.30. The van der Waals surface area contributed by atoms with E-state index in [4.69, 9.17) is 16.9 Å². The standard InChI is InChI=1S/C19H20ClN2O/c1-13(23)22-18-5-3-2-4-17(18)15-10-11-21-19(12-15)14-6-8-16(20)9-7-14/h2-9,15,19H,10-12H2,1H3,(H,22,23). The molecule has 3 rings (SSSR count). The van der Waals surface area contributed by atoms with Crippen molar-refractivity contribution in [2.45, 2.75) is 31.7 Å². The van der Waals surface area contributed by atoms with E-state index in [1.807, 2.05) is 30.3 Å². The number of amides is 1. The van der Waals surface area contributed by atoms with Crippen molar-refractivity contribution in [2.75, 3.05) is 11.9 Å². The van der Waals surface area contributed by atoms with Gasteiger partial charge in [0.2, 0.25) is 5.91 Å². The van der Waals surface area contributed by atoms with Crippen LogP contribution < -0.4 is 10.6 Å². The summed E-state index contributed by atoms with van der Waals surface area (Å²) in [5.41, 5.74) is 3.33. The highest BCUT2D eigenvalue weighted by Crippen LogP contribution is 2.38. The summed E-state index contributed by atoms with van der Waals surface area (Å²) >= 11 is 5.97. The van der Waals surface area contributed by atoms with Crippen LogP contribution in [0.5, 0.6) is 0 Å². The van der Waals surface area contributed by atoms with Gasteiger partial charge in [-0.3, -0.25) is 4.79 Å². The third-order valence-corrected chi connectivity index (χ3v) is 4.55. The average molecular weight is 328 g/mol. The van der Waals surface area contributed by atoms with E-state index >= 15 is 0 Å². The van der Waals surface area contributed by atoms with Crippen molar-refractivity contribution in [3.63, 3.8) is 0 Å². The SMILES string of the molecule is CC(=O)Nc1ccccc1C1CC[N]C(c2ccc(Cl)cc2)C1. The molecular weight excluding hydrogens is 308 g/mol. The molecule has 1 aliphatic rings. The van der Waals surface area contributed by atoms with Gasteiger partial charge in [-0.1, -0.05) is 41.9 Å². The first-order chi connectivity index (χ1) is 11.1. The number of piperidine rings is 1. The van der Waals surface area contributed by atoms with Gasteiger partial charge in [0, 0.05) is 24.2 Å². The number of hydrogen-bond donors (Lipinski definition) is 1. The van der Waals surface area contributed by atoms with Gasteiger partial charge in [-0.15, -0.1) is 0 Å². The number of halogens is 1. The quantitative estimate of drug-likeness (QED) is 0.884. The number of rotatable bonds is 3. The van der Waals surface area contributed by atoms with Crippen LogP contribution in [0.25, 0.3) is 0 Å². The molecule has 1 aliphatic heterocycles. The molecule has 0 aromatic heterocycles. The number of hydrogen-bond acceptors (Lipinski definition) is 1. The van der Waals surface area contributed by atoms with Gasteiger partial charge < -0.3 is 5.32 Å². The molecule has 2 unspecified atom stereocenters. The van der Waals surface area contributed by atoms with Gasteiger partial charge in [0.1, 0.15) is 0 Å². The van der Waals surface area contributed by atoms with Crippen molar-refractivity contribution in [2.24, 2.45) is 0 Å². The van der Waals surface area contributed by atoms with E-state index < -0.39 is 0 Å². The maximum absolute atomic E-state index is 11.4. The summed E-state index contributed by atoms with van der Waals surface area (Å²) in [6.45, 7) is 2.38. The number of para-hydroxylation sites is 1. The average Bonchev–Trinajstić information content (AvgIpc) is 2.56. The smallest absolute Gasteiger partial charge is 0.221 e. The van der Waals surface area contributed by atoms with E-state index in [1.165, 1.54) is 11.1 Å². The molecule has 0 aliphatic carbocycles. The van der Waals surface area contributed by atoms with Crippen LogP contribution >= 0.6 is 11.6 Å². The zero-order chi connectivity index (χ0) is 16.2. The third kappa shape index (κ3) is 3.92. The molecule has 1 fully saturated rings. The van der Waals surface area contributed by atoms with Crippen LogP contribution in [0.2, 0.25) is 5.02 Å². The summed E-state index contributed by atoms with van der Waals surface area (Å²) in [7, 11) is 0. The minimum absolute atomic E-state index is 0.0350. The number of carbonyl (C=O) groups is 1. The minimum Gasteiger partial charge on any atom is -0.326 e. The molecular formula is C19H20ClN2O. The van der Waals surface area contributed by atoms with Gasteiger partial charge >= 0.3 is 0 Å². The van der Waals surface area contributed by atoms with Crippen LogP contribution in [0.4, 0.5) is 5.69 Å². The Morgan fingerprint density at radius 1 is 1.17 bits per heavy atom. The van der Waals surface area contributed by atoms with Gasteiger partial charge in [-0.2, -0.15) is 0 Å². The Hall–Kier alpha value is -1.84. The number of carbonyl (C=O) groups excluding carboxylic acids is 1. The second kappa shape index (κ2) is 7.16. The van der Waals surface area contributed by atoms with Crippen LogP contribution in [-0.2, 0) is 4.79 Å². The van der Waals surface area contributed by atoms with Crippen LogP contribution in [0.15, 0.2) is 48.5 Å². The van der Waals surface area contributed by atoms with E-state index in [2.05, 4.69) is 23.5 Å². The minimum atomic E-state index is -0.0350. The van der Waals surface area contributed by atoms with Crippen LogP contribution in [0.1, 0.15) is 42.9 Å². The fraction of sp³-hybridized carbons (Fsp3) is 0.316. The van der Waals surface area contributed by atoms with Crippen molar-refractivity contribution in [1.82, 2.24) is 5.32 Å². The fourth-order valence-electron chi connectivity index (χ4n) is 3.21. The Bertz CT molecular complexity index is 684. The van der Waals surface area contributed by atoms with Crippen molar-refractivity contribution < 1.29 is 4.79 Å². The van der Waals surface area contributed by atoms with E-state index in [0.717, 1.165) is 30.1 Å². The highest BCUT2D eigenvalue weighted by atomic mass is 35.5. The van der Waals surface area contributed by atoms with E-state index in [9.17, 15) is 4.79 Å². The highest BCUT2D eigenvalue weighted by molar-refractivity contribution is 6.30. The van der Waals surface area contributed by atoms with Gasteiger partial charge in [0.15, 0.2) is 0 Å². The first-order valence-electron chi connectivity index (χ1n) is 7.92. The molecule has 2 aromatic rings. The normalized spacial score (nSPS) is 21.0. The second-order valence-corrected chi connectivity index (χ2v) is 6.40. The summed E-state index contributed by atoms with van der Waals surface area (Å²) in [6.07, 6.45) is 1.97. The summed E-state index contributed by atoms with van der Waals surface area (Å²) in [6, 6.07) is 16.2. The predicted molar refractivity (Wildman–Crippen MR) is 93.9 cm³/mol. The molecule has 2 atom stereocenters. The molecule has 1 heterocycles. The topological polar surface area (TPSA) is 43.2 Å². The largest absolute Gasteiger partial charge is 0.326 e. The molecule has 2 aromatic carbocycles. The van der Waals surface area contributed by atoms with Crippen LogP contribution in [-0.4, -0.2) is 12.5 Å². The lowest BCUT2D eigenvalue weighted by molar-refractivity contribution is -0.114. The van der Waals surface area contributed by atoms with E-state index in [0.29, 0.717) is 5.92 Å². The van der Waals surface area contributed by atoms with Crippen LogP contribution in [0, 0.1) is 0 Å². The first kappa shape index (κ1) is 16.0. The zero-order valence-electron chi connectivity index (χ0n) is 13.1. The fourth-order valence-corrected chi connectivity index (χ4v) is 3.34. The Morgan fingerprint density at radius 3 is 2.65 bits per heavy atom. The summed E-state index contributed by atoms with van der Waals surface area (Å²) < 4.78 is 0. The van der Waals surface area contributed by atoms with Crippen LogP contribution in [0.3, 0.4) is 0 Å². The predicted octanol–water partition coefficient (Wildman–Crippen LogP) is 4.52.